The lowest BCUT2D eigenvalue weighted by atomic mass is 10.2. The Bertz CT molecular complexity index is 373. The van der Waals surface area contributed by atoms with Crippen molar-refractivity contribution in [3.05, 3.63) is 42.3 Å². The summed E-state index contributed by atoms with van der Waals surface area (Å²) in [6, 6.07) is 7.75. The summed E-state index contributed by atoms with van der Waals surface area (Å²) in [6.45, 7) is 0. The normalized spacial score (nSPS) is 14.8. The first kappa shape index (κ1) is 8.26. The smallest absolute Gasteiger partial charge is 0.136 e. The molecule has 2 rings (SSSR count). The Balaban J connectivity index is 2.53. The highest BCUT2D eigenvalue weighted by molar-refractivity contribution is 7.80. The highest BCUT2D eigenvalue weighted by Crippen LogP contribution is 2.22. The molecule has 0 atom stereocenters. The molecule has 0 bridgehead atoms. The largest absolute Gasteiger partial charge is 0.463 e. The van der Waals surface area contributed by atoms with Crippen LogP contribution in [0.1, 0.15) is 5.56 Å². The third kappa shape index (κ3) is 1.42. The molecule has 1 aromatic carbocycles. The van der Waals surface area contributed by atoms with Crippen LogP contribution in [0.25, 0.3) is 0 Å². The van der Waals surface area contributed by atoms with E-state index in [0.29, 0.717) is 0 Å². The fraction of sp³-hybridized carbons (Fsp3) is 0.100. The Hall–Kier alpha value is -1.35. The molecule has 0 saturated carbocycles. The fourth-order valence-corrected chi connectivity index (χ4v) is 1.43. The van der Waals surface area contributed by atoms with Gasteiger partial charge in [0.05, 0.1) is 5.56 Å². The predicted molar refractivity (Wildman–Crippen MR) is 55.7 cm³/mol. The number of ether oxygens (including phenoxy) is 1. The van der Waals surface area contributed by atoms with Crippen LogP contribution < -0.4 is 4.74 Å². The SMILES string of the molecule is CN1C=COc2ccccc2C1=S. The standard InChI is InChI=1S/C10H9NOS/c1-11-6-7-12-9-5-3-2-4-8(9)10(11)13/h2-7H,1H3. The molecular weight excluding hydrogens is 182 g/mol. The molecule has 0 saturated heterocycles. The fourth-order valence-electron chi connectivity index (χ4n) is 1.20. The minimum atomic E-state index is 0.782. The molecule has 0 radical (unpaired) electrons. The van der Waals surface area contributed by atoms with Gasteiger partial charge in [-0.1, -0.05) is 24.4 Å². The van der Waals surface area contributed by atoms with Crippen molar-refractivity contribution in [1.29, 1.82) is 0 Å². The second-order valence-corrected chi connectivity index (χ2v) is 3.20. The quantitative estimate of drug-likeness (QED) is 0.583. The van der Waals surface area contributed by atoms with E-state index in [4.69, 9.17) is 17.0 Å². The van der Waals surface area contributed by atoms with E-state index in [9.17, 15) is 0 Å². The summed E-state index contributed by atoms with van der Waals surface area (Å²) in [5.41, 5.74) is 0.963. The van der Waals surface area contributed by atoms with Gasteiger partial charge in [0.2, 0.25) is 0 Å². The van der Waals surface area contributed by atoms with Crippen LogP contribution in [0.3, 0.4) is 0 Å². The number of rotatable bonds is 0. The van der Waals surface area contributed by atoms with E-state index in [-0.39, 0.29) is 0 Å². The van der Waals surface area contributed by atoms with Gasteiger partial charge in [0, 0.05) is 13.2 Å². The molecule has 1 aliphatic rings. The molecule has 0 N–H and O–H groups in total. The van der Waals surface area contributed by atoms with Gasteiger partial charge in [-0.3, -0.25) is 0 Å². The van der Waals surface area contributed by atoms with Gasteiger partial charge in [0.25, 0.3) is 0 Å². The molecule has 0 fully saturated rings. The molecule has 1 aromatic rings. The average Bonchev–Trinajstić information content (AvgIpc) is 2.29. The molecule has 66 valence electrons. The van der Waals surface area contributed by atoms with Gasteiger partial charge in [-0.15, -0.1) is 0 Å². The highest BCUT2D eigenvalue weighted by atomic mass is 32.1. The third-order valence-electron chi connectivity index (χ3n) is 1.92. The first-order valence-electron chi connectivity index (χ1n) is 3.98. The summed E-state index contributed by atoms with van der Waals surface area (Å²) >= 11 is 5.26. The zero-order valence-electron chi connectivity index (χ0n) is 7.23. The van der Waals surface area contributed by atoms with E-state index >= 15 is 0 Å². The van der Waals surface area contributed by atoms with Crippen molar-refractivity contribution >= 4 is 17.2 Å². The van der Waals surface area contributed by atoms with Crippen molar-refractivity contribution in [3.63, 3.8) is 0 Å². The van der Waals surface area contributed by atoms with Crippen molar-refractivity contribution < 1.29 is 4.74 Å². The van der Waals surface area contributed by atoms with Crippen LogP contribution in [0.5, 0.6) is 5.75 Å². The van der Waals surface area contributed by atoms with Gasteiger partial charge in [0.1, 0.15) is 17.0 Å². The monoisotopic (exact) mass is 191 g/mol. The van der Waals surface area contributed by atoms with Crippen molar-refractivity contribution in [2.45, 2.75) is 0 Å². The lowest BCUT2D eigenvalue weighted by molar-refractivity contribution is 0.475. The van der Waals surface area contributed by atoms with Gasteiger partial charge in [-0.05, 0) is 12.1 Å². The molecular formula is C10H9NOS. The van der Waals surface area contributed by atoms with Gasteiger partial charge in [-0.2, -0.15) is 0 Å². The first-order valence-corrected chi connectivity index (χ1v) is 4.39. The number of thiocarbonyl (C=S) groups is 1. The Morgan fingerprint density at radius 1 is 1.31 bits per heavy atom. The average molecular weight is 191 g/mol. The van der Waals surface area contributed by atoms with Crippen LogP contribution in [0.15, 0.2) is 36.7 Å². The maximum atomic E-state index is 5.38. The first-order chi connectivity index (χ1) is 6.29. The molecule has 0 amide bonds. The Kier molecular flexibility index (Phi) is 2.02. The van der Waals surface area contributed by atoms with Crippen LogP contribution in [-0.4, -0.2) is 16.9 Å². The van der Waals surface area contributed by atoms with Crippen LogP contribution in [-0.2, 0) is 0 Å². The molecule has 0 aliphatic carbocycles. The van der Waals surface area contributed by atoms with E-state index in [1.54, 1.807) is 6.26 Å². The van der Waals surface area contributed by atoms with Crippen molar-refractivity contribution in [2.75, 3.05) is 7.05 Å². The molecule has 3 heteroatoms. The molecule has 13 heavy (non-hydrogen) atoms. The summed E-state index contributed by atoms with van der Waals surface area (Å²) in [5, 5.41) is 0. The molecule has 1 heterocycles. The zero-order valence-corrected chi connectivity index (χ0v) is 8.04. The maximum absolute atomic E-state index is 5.38. The summed E-state index contributed by atoms with van der Waals surface area (Å²) in [5.74, 6) is 0.813. The van der Waals surface area contributed by atoms with Crippen molar-refractivity contribution in [3.8, 4) is 5.75 Å². The van der Waals surface area contributed by atoms with Gasteiger partial charge >= 0.3 is 0 Å². The lowest BCUT2D eigenvalue weighted by Gasteiger charge is -2.12. The number of fused-ring (bicyclic) bond motifs is 1. The highest BCUT2D eigenvalue weighted by Gasteiger charge is 2.12. The Morgan fingerprint density at radius 2 is 2.08 bits per heavy atom. The molecule has 0 spiro atoms. The van der Waals surface area contributed by atoms with Crippen LogP contribution in [0.4, 0.5) is 0 Å². The predicted octanol–water partition coefficient (Wildman–Crippen LogP) is 2.16. The third-order valence-corrected chi connectivity index (χ3v) is 2.43. The van der Waals surface area contributed by atoms with E-state index in [1.165, 1.54) is 0 Å². The van der Waals surface area contributed by atoms with E-state index in [0.717, 1.165) is 16.3 Å². The van der Waals surface area contributed by atoms with Gasteiger partial charge in [-0.25, -0.2) is 0 Å². The van der Waals surface area contributed by atoms with E-state index < -0.39 is 0 Å². The van der Waals surface area contributed by atoms with Crippen LogP contribution in [0, 0.1) is 0 Å². The summed E-state index contributed by atoms with van der Waals surface area (Å²) in [4.78, 5) is 2.64. The summed E-state index contributed by atoms with van der Waals surface area (Å²) in [6.07, 6.45) is 3.44. The van der Waals surface area contributed by atoms with Crippen LogP contribution in [0.2, 0.25) is 0 Å². The van der Waals surface area contributed by atoms with Crippen LogP contribution >= 0.6 is 12.2 Å². The zero-order chi connectivity index (χ0) is 9.26. The number of hydrogen-bond donors (Lipinski definition) is 0. The second kappa shape index (κ2) is 3.18. The Labute approximate surface area is 82.4 Å². The minimum Gasteiger partial charge on any atom is -0.463 e. The van der Waals surface area contributed by atoms with Gasteiger partial charge < -0.3 is 9.64 Å². The number of benzene rings is 1. The molecule has 2 nitrogen and oxygen atoms in total. The number of nitrogens with zero attached hydrogens (tertiary/aromatic N) is 1. The van der Waals surface area contributed by atoms with Gasteiger partial charge in [0.15, 0.2) is 0 Å². The van der Waals surface area contributed by atoms with Crippen molar-refractivity contribution in [1.82, 2.24) is 4.90 Å². The molecule has 1 aliphatic heterocycles. The van der Waals surface area contributed by atoms with E-state index in [2.05, 4.69) is 0 Å². The second-order valence-electron chi connectivity index (χ2n) is 2.82. The number of hydrogen-bond acceptors (Lipinski definition) is 2. The topological polar surface area (TPSA) is 12.5 Å². The minimum absolute atomic E-state index is 0.782. The molecule has 0 unspecified atom stereocenters. The van der Waals surface area contributed by atoms with Crippen molar-refractivity contribution in [2.24, 2.45) is 0 Å². The molecule has 0 aromatic heterocycles. The summed E-state index contributed by atoms with van der Waals surface area (Å²) in [7, 11) is 1.91. The lowest BCUT2D eigenvalue weighted by Crippen LogP contribution is -2.18. The maximum Gasteiger partial charge on any atom is 0.136 e. The number of para-hydroxylation sites is 1. The Morgan fingerprint density at radius 3 is 2.92 bits per heavy atom. The van der Waals surface area contributed by atoms with E-state index in [1.807, 2.05) is 42.4 Å². The summed E-state index contributed by atoms with van der Waals surface area (Å²) < 4.78 is 5.38.